The monoisotopic (exact) mass is 515 g/mol. The first kappa shape index (κ1) is 24.7. The second kappa shape index (κ2) is 10.6. The van der Waals surface area contributed by atoms with Gasteiger partial charge in [0.1, 0.15) is 16.5 Å². The molecule has 0 amide bonds. The van der Waals surface area contributed by atoms with Gasteiger partial charge in [0.15, 0.2) is 0 Å². The molecule has 1 aliphatic heterocycles. The van der Waals surface area contributed by atoms with Crippen LogP contribution < -0.4 is 15.4 Å². The van der Waals surface area contributed by atoms with Gasteiger partial charge < -0.3 is 15.4 Å². The molecule has 2 N–H and O–H groups in total. The molecule has 0 saturated carbocycles. The van der Waals surface area contributed by atoms with E-state index in [0.717, 1.165) is 13.1 Å². The highest BCUT2D eigenvalue weighted by Crippen LogP contribution is 2.31. The molecule has 1 fully saturated rings. The van der Waals surface area contributed by atoms with Crippen LogP contribution in [0.2, 0.25) is 0 Å². The second-order valence-electron chi connectivity index (χ2n) is 8.85. The lowest BCUT2D eigenvalue weighted by atomic mass is 9.96. The number of nitrogens with zero attached hydrogens (tertiary/aromatic N) is 4. The fraction of sp³-hybridized carbons (Fsp3) is 0.214. The van der Waals surface area contributed by atoms with Crippen molar-refractivity contribution >= 4 is 21.6 Å². The third-order valence-electron chi connectivity index (χ3n) is 6.62. The van der Waals surface area contributed by atoms with Crippen LogP contribution in [-0.2, 0) is 9.84 Å². The van der Waals surface area contributed by atoms with Crippen LogP contribution in [0, 0.1) is 0 Å². The predicted molar refractivity (Wildman–Crippen MR) is 143 cm³/mol. The lowest BCUT2D eigenvalue weighted by Gasteiger charge is -2.39. The van der Waals surface area contributed by atoms with E-state index >= 15 is 0 Å². The summed E-state index contributed by atoms with van der Waals surface area (Å²) in [6.45, 7) is 2.98. The van der Waals surface area contributed by atoms with Crippen molar-refractivity contribution in [2.45, 2.75) is 15.8 Å². The average molecular weight is 516 g/mol. The van der Waals surface area contributed by atoms with Crippen LogP contribution in [0.15, 0.2) is 101 Å². The summed E-state index contributed by atoms with van der Waals surface area (Å²) in [4.78, 5) is 13.3. The molecule has 1 aromatic heterocycles. The number of ether oxygens (including phenoxy) is 1. The molecular formula is C28H29N5O3S. The summed E-state index contributed by atoms with van der Waals surface area (Å²) >= 11 is 0. The predicted octanol–water partition coefficient (Wildman–Crippen LogP) is 3.81. The van der Waals surface area contributed by atoms with Gasteiger partial charge in [-0.05, 0) is 35.4 Å². The van der Waals surface area contributed by atoms with Crippen molar-refractivity contribution in [3.05, 3.63) is 102 Å². The number of nitrogen functional groups attached to an aromatic ring is 1. The quantitative estimate of drug-likeness (QED) is 0.397. The van der Waals surface area contributed by atoms with Gasteiger partial charge in [-0.15, -0.1) is 0 Å². The Hall–Kier alpha value is -3.95. The molecular weight excluding hydrogens is 486 g/mol. The Labute approximate surface area is 217 Å². The molecule has 1 saturated heterocycles. The van der Waals surface area contributed by atoms with E-state index in [2.05, 4.69) is 63.4 Å². The molecule has 9 heteroatoms. The molecule has 0 unspecified atom stereocenters. The Bertz CT molecular complexity index is 1400. The number of hydrogen-bond donors (Lipinski definition) is 1. The van der Waals surface area contributed by atoms with Crippen molar-refractivity contribution in [3.63, 3.8) is 0 Å². The third kappa shape index (κ3) is 5.14. The Balaban J connectivity index is 1.33. The van der Waals surface area contributed by atoms with E-state index in [-0.39, 0.29) is 21.7 Å². The Morgan fingerprint density at radius 3 is 1.92 bits per heavy atom. The maximum atomic E-state index is 13.1. The zero-order valence-corrected chi connectivity index (χ0v) is 21.4. The number of rotatable bonds is 7. The third-order valence-corrected chi connectivity index (χ3v) is 8.41. The standard InChI is InChI=1S/C28H29N5O3S/c1-36-23-12-14-24(15-13-23)37(34,35)25-20-30-28(31-27(25)29)33-18-16-32(17-19-33)26(21-8-4-2-5-9-21)22-10-6-3-7-11-22/h2-15,20,26H,16-19H2,1H3,(H2,29,30,31). The van der Waals surface area contributed by atoms with Crippen molar-refractivity contribution in [2.24, 2.45) is 0 Å². The molecule has 0 atom stereocenters. The molecule has 190 valence electrons. The van der Waals surface area contributed by atoms with Gasteiger partial charge in [0, 0.05) is 26.2 Å². The first-order valence-corrected chi connectivity index (χ1v) is 13.6. The lowest BCUT2D eigenvalue weighted by molar-refractivity contribution is 0.211. The molecule has 37 heavy (non-hydrogen) atoms. The number of anilines is 2. The summed E-state index contributed by atoms with van der Waals surface area (Å²) < 4.78 is 31.3. The summed E-state index contributed by atoms with van der Waals surface area (Å²) in [5.74, 6) is 0.941. The van der Waals surface area contributed by atoms with E-state index < -0.39 is 9.84 Å². The number of nitrogens with two attached hydrogens (primary N) is 1. The van der Waals surface area contributed by atoms with Crippen LogP contribution in [-0.4, -0.2) is 56.6 Å². The number of piperazine rings is 1. The number of sulfone groups is 1. The largest absolute Gasteiger partial charge is 0.497 e. The van der Waals surface area contributed by atoms with Crippen LogP contribution in [0.3, 0.4) is 0 Å². The van der Waals surface area contributed by atoms with Gasteiger partial charge in [-0.25, -0.2) is 13.4 Å². The molecule has 0 aliphatic carbocycles. The molecule has 5 rings (SSSR count). The summed E-state index contributed by atoms with van der Waals surface area (Å²) in [6, 6.07) is 27.3. The normalized spacial score (nSPS) is 14.6. The average Bonchev–Trinajstić information content (AvgIpc) is 2.94. The highest BCUT2D eigenvalue weighted by molar-refractivity contribution is 7.91. The van der Waals surface area contributed by atoms with E-state index in [1.807, 2.05) is 17.0 Å². The minimum absolute atomic E-state index is 0.0605. The topological polar surface area (TPSA) is 102 Å². The number of benzene rings is 3. The molecule has 0 bridgehead atoms. The van der Waals surface area contributed by atoms with Crippen LogP contribution in [0.25, 0.3) is 0 Å². The van der Waals surface area contributed by atoms with Gasteiger partial charge in [0.25, 0.3) is 0 Å². The Kier molecular flexibility index (Phi) is 7.07. The van der Waals surface area contributed by atoms with Crippen LogP contribution in [0.4, 0.5) is 11.8 Å². The van der Waals surface area contributed by atoms with Crippen molar-refractivity contribution in [1.82, 2.24) is 14.9 Å². The molecule has 4 aromatic rings. The summed E-state index contributed by atoms with van der Waals surface area (Å²) in [5, 5.41) is 0. The van der Waals surface area contributed by atoms with E-state index in [1.54, 1.807) is 12.1 Å². The van der Waals surface area contributed by atoms with Crippen molar-refractivity contribution in [2.75, 3.05) is 43.9 Å². The van der Waals surface area contributed by atoms with E-state index in [9.17, 15) is 8.42 Å². The molecule has 3 aromatic carbocycles. The molecule has 0 radical (unpaired) electrons. The molecule has 8 nitrogen and oxygen atoms in total. The number of aromatic nitrogens is 2. The Morgan fingerprint density at radius 2 is 1.41 bits per heavy atom. The summed E-state index contributed by atoms with van der Waals surface area (Å²) in [6.07, 6.45) is 1.31. The first-order valence-electron chi connectivity index (χ1n) is 12.1. The second-order valence-corrected chi connectivity index (χ2v) is 10.8. The van der Waals surface area contributed by atoms with E-state index in [0.29, 0.717) is 24.8 Å². The lowest BCUT2D eigenvalue weighted by Crippen LogP contribution is -2.48. The van der Waals surface area contributed by atoms with Gasteiger partial charge in [-0.2, -0.15) is 4.98 Å². The molecule has 1 aliphatic rings. The summed E-state index contributed by atoms with van der Waals surface area (Å²) in [7, 11) is -2.33. The highest BCUT2D eigenvalue weighted by atomic mass is 32.2. The van der Waals surface area contributed by atoms with Gasteiger partial charge in [-0.3, -0.25) is 4.90 Å². The fourth-order valence-electron chi connectivity index (χ4n) is 4.68. The van der Waals surface area contributed by atoms with Gasteiger partial charge >= 0.3 is 0 Å². The van der Waals surface area contributed by atoms with Crippen LogP contribution in [0.1, 0.15) is 17.2 Å². The maximum Gasteiger partial charge on any atom is 0.227 e. The highest BCUT2D eigenvalue weighted by Gasteiger charge is 2.28. The summed E-state index contributed by atoms with van der Waals surface area (Å²) in [5.41, 5.74) is 8.64. The van der Waals surface area contributed by atoms with Gasteiger partial charge in [-0.1, -0.05) is 60.7 Å². The number of methoxy groups -OCH3 is 1. The van der Waals surface area contributed by atoms with Crippen molar-refractivity contribution in [1.29, 1.82) is 0 Å². The first-order chi connectivity index (χ1) is 18.0. The van der Waals surface area contributed by atoms with Crippen LogP contribution >= 0.6 is 0 Å². The van der Waals surface area contributed by atoms with Crippen molar-refractivity contribution in [3.8, 4) is 5.75 Å². The van der Waals surface area contributed by atoms with E-state index in [4.69, 9.17) is 10.5 Å². The zero-order chi connectivity index (χ0) is 25.8. The minimum atomic E-state index is -3.86. The smallest absolute Gasteiger partial charge is 0.227 e. The SMILES string of the molecule is COc1ccc(S(=O)(=O)c2cnc(N3CCN(C(c4ccccc4)c4ccccc4)CC3)nc2N)cc1. The number of hydrogen-bond acceptors (Lipinski definition) is 8. The van der Waals surface area contributed by atoms with Crippen LogP contribution in [0.5, 0.6) is 5.75 Å². The van der Waals surface area contributed by atoms with Gasteiger partial charge in [0.05, 0.1) is 24.2 Å². The molecule has 0 spiro atoms. The maximum absolute atomic E-state index is 13.1. The van der Waals surface area contributed by atoms with E-state index in [1.165, 1.54) is 36.6 Å². The fourth-order valence-corrected chi connectivity index (χ4v) is 5.94. The van der Waals surface area contributed by atoms with Crippen molar-refractivity contribution < 1.29 is 13.2 Å². The minimum Gasteiger partial charge on any atom is -0.497 e. The molecule has 2 heterocycles. The zero-order valence-electron chi connectivity index (χ0n) is 20.6. The Morgan fingerprint density at radius 1 is 0.838 bits per heavy atom. The van der Waals surface area contributed by atoms with Gasteiger partial charge in [0.2, 0.25) is 15.8 Å².